The van der Waals surface area contributed by atoms with E-state index in [2.05, 4.69) is 5.16 Å². The molecule has 0 aromatic heterocycles. The highest BCUT2D eigenvalue weighted by Gasteiger charge is 2.10. The van der Waals surface area contributed by atoms with Gasteiger partial charge in [0.25, 0.3) is 0 Å². The minimum atomic E-state index is 0.0709. The molecule has 1 rings (SSSR count). The number of rotatable bonds is 3. The minimum absolute atomic E-state index is 0.0709. The molecule has 0 aliphatic carbocycles. The van der Waals surface area contributed by atoms with Crippen LogP contribution in [0.5, 0.6) is 5.75 Å². The van der Waals surface area contributed by atoms with Crippen LogP contribution in [0.25, 0.3) is 0 Å². The van der Waals surface area contributed by atoms with Crippen molar-refractivity contribution < 1.29 is 9.94 Å². The van der Waals surface area contributed by atoms with Gasteiger partial charge in [-0.2, -0.15) is 0 Å². The van der Waals surface area contributed by atoms with E-state index in [1.807, 2.05) is 32.9 Å². The first kappa shape index (κ1) is 11.4. The number of ether oxygens (including phenoxy) is 1. The summed E-state index contributed by atoms with van der Waals surface area (Å²) in [4.78, 5) is 0. The second-order valence-corrected chi connectivity index (χ2v) is 3.35. The molecular formula is C11H16N2O2. The average molecular weight is 208 g/mol. The van der Waals surface area contributed by atoms with Crippen LogP contribution in [0.2, 0.25) is 0 Å². The SMILES string of the molecule is CCOc1cc(C)c(C)cc1/C(N)=N\O. The zero-order valence-electron chi connectivity index (χ0n) is 9.24. The lowest BCUT2D eigenvalue weighted by Crippen LogP contribution is -2.15. The van der Waals surface area contributed by atoms with Gasteiger partial charge < -0.3 is 15.7 Å². The van der Waals surface area contributed by atoms with Crippen LogP contribution in [-0.4, -0.2) is 17.6 Å². The third-order valence-electron chi connectivity index (χ3n) is 2.28. The van der Waals surface area contributed by atoms with E-state index < -0.39 is 0 Å². The van der Waals surface area contributed by atoms with E-state index in [1.54, 1.807) is 0 Å². The Labute approximate surface area is 89.4 Å². The van der Waals surface area contributed by atoms with Crippen LogP contribution in [0.1, 0.15) is 23.6 Å². The van der Waals surface area contributed by atoms with Crippen molar-refractivity contribution in [3.05, 3.63) is 28.8 Å². The number of nitrogens with zero attached hydrogens (tertiary/aromatic N) is 1. The van der Waals surface area contributed by atoms with Crippen molar-refractivity contribution in [3.63, 3.8) is 0 Å². The van der Waals surface area contributed by atoms with Crippen molar-refractivity contribution in [2.75, 3.05) is 6.61 Å². The van der Waals surface area contributed by atoms with Crippen LogP contribution in [0.4, 0.5) is 0 Å². The molecule has 0 atom stereocenters. The second-order valence-electron chi connectivity index (χ2n) is 3.35. The fourth-order valence-corrected chi connectivity index (χ4v) is 1.32. The van der Waals surface area contributed by atoms with Gasteiger partial charge in [0.1, 0.15) is 5.75 Å². The molecular weight excluding hydrogens is 192 g/mol. The van der Waals surface area contributed by atoms with Gasteiger partial charge in [0.05, 0.1) is 12.2 Å². The Balaban J connectivity index is 3.28. The third-order valence-corrected chi connectivity index (χ3v) is 2.28. The van der Waals surface area contributed by atoms with Crippen LogP contribution in [-0.2, 0) is 0 Å². The van der Waals surface area contributed by atoms with Gasteiger partial charge in [0.2, 0.25) is 0 Å². The van der Waals surface area contributed by atoms with E-state index in [-0.39, 0.29) is 5.84 Å². The molecule has 1 aromatic carbocycles. The standard InChI is InChI=1S/C11H16N2O2/c1-4-15-10-6-8(3)7(2)5-9(10)11(12)13-14/h5-6,14H,4H2,1-3H3,(H2,12,13). The van der Waals surface area contributed by atoms with Gasteiger partial charge in [-0.15, -0.1) is 0 Å². The summed E-state index contributed by atoms with van der Waals surface area (Å²) >= 11 is 0. The molecule has 0 fully saturated rings. The number of nitrogens with two attached hydrogens (primary N) is 1. The molecule has 0 heterocycles. The molecule has 15 heavy (non-hydrogen) atoms. The topological polar surface area (TPSA) is 67.8 Å². The first-order valence-electron chi connectivity index (χ1n) is 4.82. The second kappa shape index (κ2) is 4.68. The van der Waals surface area contributed by atoms with E-state index >= 15 is 0 Å². The molecule has 0 amide bonds. The first-order valence-corrected chi connectivity index (χ1v) is 4.82. The van der Waals surface area contributed by atoms with E-state index in [9.17, 15) is 0 Å². The van der Waals surface area contributed by atoms with Crippen LogP contribution in [0.3, 0.4) is 0 Å². The third kappa shape index (κ3) is 2.40. The Hall–Kier alpha value is -1.71. The smallest absolute Gasteiger partial charge is 0.173 e. The summed E-state index contributed by atoms with van der Waals surface area (Å²) in [6.45, 7) is 6.41. The Bertz CT molecular complexity index is 386. The maximum atomic E-state index is 8.65. The van der Waals surface area contributed by atoms with E-state index in [0.717, 1.165) is 11.1 Å². The fraction of sp³-hybridized carbons (Fsp3) is 0.364. The van der Waals surface area contributed by atoms with Crippen molar-refractivity contribution in [1.82, 2.24) is 0 Å². The fourth-order valence-electron chi connectivity index (χ4n) is 1.32. The van der Waals surface area contributed by atoms with Crippen LogP contribution in [0, 0.1) is 13.8 Å². The van der Waals surface area contributed by atoms with Gasteiger partial charge in [0.15, 0.2) is 5.84 Å². The lowest BCUT2D eigenvalue weighted by atomic mass is 10.0. The summed E-state index contributed by atoms with van der Waals surface area (Å²) in [5, 5.41) is 11.6. The predicted octanol–water partition coefficient (Wildman–Crippen LogP) is 1.80. The van der Waals surface area contributed by atoms with Crippen molar-refractivity contribution in [2.24, 2.45) is 10.9 Å². The van der Waals surface area contributed by atoms with E-state index in [1.165, 1.54) is 0 Å². The number of hydrogen-bond donors (Lipinski definition) is 2. The number of benzene rings is 1. The summed E-state index contributed by atoms with van der Waals surface area (Å²) < 4.78 is 5.42. The van der Waals surface area contributed by atoms with Crippen LogP contribution < -0.4 is 10.5 Å². The maximum Gasteiger partial charge on any atom is 0.173 e. The van der Waals surface area contributed by atoms with Gasteiger partial charge >= 0.3 is 0 Å². The summed E-state index contributed by atoms with van der Waals surface area (Å²) in [5.41, 5.74) is 8.39. The highest BCUT2D eigenvalue weighted by atomic mass is 16.5. The summed E-state index contributed by atoms with van der Waals surface area (Å²) in [5.74, 6) is 0.720. The monoisotopic (exact) mass is 208 g/mol. The number of aryl methyl sites for hydroxylation is 2. The predicted molar refractivity (Wildman–Crippen MR) is 59.6 cm³/mol. The molecule has 0 bridgehead atoms. The van der Waals surface area contributed by atoms with E-state index in [4.69, 9.17) is 15.7 Å². The van der Waals surface area contributed by atoms with Crippen molar-refractivity contribution in [3.8, 4) is 5.75 Å². The Kier molecular flexibility index (Phi) is 3.55. The largest absolute Gasteiger partial charge is 0.493 e. The van der Waals surface area contributed by atoms with Gasteiger partial charge in [-0.1, -0.05) is 5.16 Å². The Morgan fingerprint density at radius 1 is 1.40 bits per heavy atom. The summed E-state index contributed by atoms with van der Waals surface area (Å²) in [6, 6.07) is 3.75. The molecule has 0 saturated carbocycles. The van der Waals surface area contributed by atoms with Crippen LogP contribution in [0.15, 0.2) is 17.3 Å². The zero-order chi connectivity index (χ0) is 11.4. The molecule has 0 spiro atoms. The normalized spacial score (nSPS) is 11.5. The Morgan fingerprint density at radius 3 is 2.53 bits per heavy atom. The highest BCUT2D eigenvalue weighted by molar-refractivity contribution is 5.99. The number of hydrogen-bond acceptors (Lipinski definition) is 3. The van der Waals surface area contributed by atoms with Gasteiger partial charge in [-0.3, -0.25) is 0 Å². The van der Waals surface area contributed by atoms with Gasteiger partial charge in [0, 0.05) is 0 Å². The lowest BCUT2D eigenvalue weighted by molar-refractivity contribution is 0.317. The number of oxime groups is 1. The number of amidine groups is 1. The maximum absolute atomic E-state index is 8.65. The zero-order valence-corrected chi connectivity index (χ0v) is 9.24. The minimum Gasteiger partial charge on any atom is -0.493 e. The van der Waals surface area contributed by atoms with Crippen molar-refractivity contribution >= 4 is 5.84 Å². The molecule has 0 aliphatic rings. The molecule has 3 N–H and O–H groups in total. The van der Waals surface area contributed by atoms with Crippen molar-refractivity contribution in [2.45, 2.75) is 20.8 Å². The molecule has 0 unspecified atom stereocenters. The lowest BCUT2D eigenvalue weighted by Gasteiger charge is -2.11. The van der Waals surface area contributed by atoms with Crippen molar-refractivity contribution in [1.29, 1.82) is 0 Å². The molecule has 4 heteroatoms. The summed E-state index contributed by atoms with van der Waals surface area (Å²) in [7, 11) is 0. The average Bonchev–Trinajstić information content (AvgIpc) is 2.22. The van der Waals surface area contributed by atoms with Gasteiger partial charge in [-0.05, 0) is 44.0 Å². The van der Waals surface area contributed by atoms with E-state index in [0.29, 0.717) is 17.9 Å². The van der Waals surface area contributed by atoms with Crippen LogP contribution >= 0.6 is 0 Å². The molecule has 0 aliphatic heterocycles. The molecule has 0 saturated heterocycles. The first-order chi connectivity index (χ1) is 7.10. The Morgan fingerprint density at radius 2 is 2.00 bits per heavy atom. The molecule has 82 valence electrons. The quantitative estimate of drug-likeness (QED) is 0.344. The molecule has 4 nitrogen and oxygen atoms in total. The summed E-state index contributed by atoms with van der Waals surface area (Å²) in [6.07, 6.45) is 0. The highest BCUT2D eigenvalue weighted by Crippen LogP contribution is 2.23. The molecule has 0 radical (unpaired) electrons. The molecule has 1 aromatic rings. The van der Waals surface area contributed by atoms with Gasteiger partial charge in [-0.25, -0.2) is 0 Å².